The molecule has 2 unspecified atom stereocenters. The summed E-state index contributed by atoms with van der Waals surface area (Å²) >= 11 is 0. The molecule has 44 heavy (non-hydrogen) atoms. The molecule has 4 atom stereocenters. The average molecular weight is 607 g/mol. The number of rotatable bonds is 6. The molecule has 1 saturated carbocycles. The number of fused-ring (bicyclic) bond motifs is 5. The van der Waals surface area contributed by atoms with E-state index in [1.807, 2.05) is 0 Å². The van der Waals surface area contributed by atoms with E-state index in [9.17, 15) is 8.78 Å². The van der Waals surface area contributed by atoms with Gasteiger partial charge in [0.05, 0.1) is 11.2 Å². The lowest BCUT2D eigenvalue weighted by molar-refractivity contribution is 0.107. The molecular formula is C31H33F3N8O2. The van der Waals surface area contributed by atoms with E-state index in [4.69, 9.17) is 24.9 Å². The largest absolute Gasteiger partial charge is 0.461 e. The number of oxazole rings is 1. The zero-order valence-electron chi connectivity index (χ0n) is 24.2. The molecule has 3 aromatic heterocycles. The first-order chi connectivity index (χ1) is 21.4. The van der Waals surface area contributed by atoms with Crippen LogP contribution in [0.3, 0.4) is 0 Å². The van der Waals surface area contributed by atoms with Gasteiger partial charge in [-0.3, -0.25) is 4.90 Å². The fourth-order valence-corrected chi connectivity index (χ4v) is 8.21. The van der Waals surface area contributed by atoms with Gasteiger partial charge in [0.25, 0.3) is 6.01 Å². The van der Waals surface area contributed by atoms with Crippen LogP contribution >= 0.6 is 0 Å². The molecule has 1 aliphatic carbocycles. The van der Waals surface area contributed by atoms with Crippen LogP contribution in [0, 0.1) is 11.6 Å². The molecule has 230 valence electrons. The molecule has 4 aromatic rings. The predicted octanol–water partition coefficient (Wildman–Crippen LogP) is 4.47. The fraction of sp³-hybridized carbons (Fsp3) is 0.548. The van der Waals surface area contributed by atoms with Crippen molar-refractivity contribution < 1.29 is 22.3 Å². The third-order valence-corrected chi connectivity index (χ3v) is 10.4. The molecule has 1 aromatic carbocycles. The van der Waals surface area contributed by atoms with E-state index in [-0.39, 0.29) is 58.8 Å². The molecule has 5 aliphatic rings. The second kappa shape index (κ2) is 9.64. The predicted molar refractivity (Wildman–Crippen MR) is 157 cm³/mol. The highest BCUT2D eigenvalue weighted by molar-refractivity contribution is 5.97. The molecule has 2 bridgehead atoms. The minimum absolute atomic E-state index is 0.0341. The number of nitrogen functional groups attached to an aromatic ring is 1. The standard InChI is InChI=1S/C31H33F3N8O2/c32-16-10-31(8-1-9-41(31)13-16)14-43-30-39-25-22(34)21(19-6-7-20(33)27-24(19)38-29(35)44-27)23(15-2-3-15)37-26(25)28(40-30)42-17-4-5-18(42)12-36-11-17/h6-7,15-18,36H,1-5,8-14H2,(H2,35,38)/t16-,17?,18?,31+/m1/s1. The number of nitrogens with one attached hydrogen (secondary N) is 1. The van der Waals surface area contributed by atoms with Crippen LogP contribution in [0.1, 0.15) is 56.6 Å². The number of hydrogen-bond acceptors (Lipinski definition) is 10. The van der Waals surface area contributed by atoms with Crippen molar-refractivity contribution in [3.8, 4) is 17.1 Å². The smallest absolute Gasteiger partial charge is 0.319 e. The number of piperazine rings is 1. The Morgan fingerprint density at radius 2 is 1.84 bits per heavy atom. The summed E-state index contributed by atoms with van der Waals surface area (Å²) in [5.74, 6) is -0.614. The normalized spacial score (nSPS) is 28.4. The summed E-state index contributed by atoms with van der Waals surface area (Å²) in [6.07, 6.45) is 5.03. The lowest BCUT2D eigenvalue weighted by Gasteiger charge is -2.37. The van der Waals surface area contributed by atoms with Crippen molar-refractivity contribution in [3.63, 3.8) is 0 Å². The molecular weight excluding hydrogens is 573 g/mol. The van der Waals surface area contributed by atoms with Gasteiger partial charge >= 0.3 is 6.01 Å². The van der Waals surface area contributed by atoms with Crippen LogP contribution < -0.4 is 20.7 Å². The molecule has 0 spiro atoms. The first-order valence-corrected chi connectivity index (χ1v) is 15.7. The molecule has 4 saturated heterocycles. The van der Waals surface area contributed by atoms with E-state index in [2.05, 4.69) is 25.1 Å². The number of alkyl halides is 1. The van der Waals surface area contributed by atoms with Gasteiger partial charge in [-0.2, -0.15) is 15.0 Å². The Hall–Kier alpha value is -3.71. The van der Waals surface area contributed by atoms with Crippen LogP contribution in [0.2, 0.25) is 0 Å². The van der Waals surface area contributed by atoms with E-state index in [0.29, 0.717) is 35.6 Å². The minimum Gasteiger partial charge on any atom is -0.461 e. The molecule has 13 heteroatoms. The Kier molecular flexibility index (Phi) is 5.85. The lowest BCUT2D eigenvalue weighted by atomic mass is 9.95. The Bertz CT molecular complexity index is 1800. The van der Waals surface area contributed by atoms with Crippen LogP contribution in [0.5, 0.6) is 6.01 Å². The number of nitrogens with zero attached hydrogens (tertiary/aromatic N) is 6. The minimum atomic E-state index is -0.897. The van der Waals surface area contributed by atoms with Crippen LogP contribution in [0.4, 0.5) is 25.0 Å². The Morgan fingerprint density at radius 1 is 1.02 bits per heavy atom. The van der Waals surface area contributed by atoms with Crippen LogP contribution in [-0.2, 0) is 0 Å². The second-order valence-electron chi connectivity index (χ2n) is 13.1. The summed E-state index contributed by atoms with van der Waals surface area (Å²) in [7, 11) is 0. The highest BCUT2D eigenvalue weighted by Crippen LogP contribution is 2.48. The van der Waals surface area contributed by atoms with Gasteiger partial charge in [0.2, 0.25) is 0 Å². The first kappa shape index (κ1) is 26.7. The zero-order chi connectivity index (χ0) is 29.7. The number of halogens is 3. The summed E-state index contributed by atoms with van der Waals surface area (Å²) in [4.78, 5) is 23.3. The van der Waals surface area contributed by atoms with Gasteiger partial charge < -0.3 is 25.1 Å². The van der Waals surface area contributed by atoms with Gasteiger partial charge in [0.15, 0.2) is 23.0 Å². The van der Waals surface area contributed by atoms with Crippen LogP contribution in [0.15, 0.2) is 16.5 Å². The molecule has 4 aliphatic heterocycles. The summed E-state index contributed by atoms with van der Waals surface area (Å²) in [6.45, 7) is 3.06. The number of hydrogen-bond donors (Lipinski definition) is 2. The van der Waals surface area contributed by atoms with Crippen LogP contribution in [-0.4, -0.2) is 81.4 Å². The lowest BCUT2D eigenvalue weighted by Crippen LogP contribution is -2.52. The second-order valence-corrected chi connectivity index (χ2v) is 13.1. The van der Waals surface area contributed by atoms with Crippen molar-refractivity contribution in [3.05, 3.63) is 29.5 Å². The number of benzene rings is 1. The van der Waals surface area contributed by atoms with Crippen molar-refractivity contribution >= 4 is 34.0 Å². The van der Waals surface area contributed by atoms with Gasteiger partial charge in [-0.05, 0) is 57.2 Å². The van der Waals surface area contributed by atoms with Gasteiger partial charge in [-0.1, -0.05) is 0 Å². The van der Waals surface area contributed by atoms with Gasteiger partial charge in [0, 0.05) is 55.2 Å². The maximum absolute atomic E-state index is 17.1. The average Bonchev–Trinajstić information content (AvgIpc) is 3.46. The van der Waals surface area contributed by atoms with Crippen LogP contribution in [0.25, 0.3) is 33.3 Å². The van der Waals surface area contributed by atoms with Gasteiger partial charge in [0.1, 0.15) is 29.3 Å². The fourth-order valence-electron chi connectivity index (χ4n) is 8.21. The van der Waals surface area contributed by atoms with E-state index >= 15 is 4.39 Å². The maximum atomic E-state index is 17.1. The highest BCUT2D eigenvalue weighted by atomic mass is 19.1. The van der Waals surface area contributed by atoms with E-state index < -0.39 is 23.3 Å². The van der Waals surface area contributed by atoms with E-state index in [1.54, 1.807) is 0 Å². The molecule has 0 amide bonds. The quantitative estimate of drug-likeness (QED) is 0.326. The number of aromatic nitrogens is 4. The number of ether oxygens (including phenoxy) is 1. The number of nitrogens with two attached hydrogens (primary N) is 1. The third-order valence-electron chi connectivity index (χ3n) is 10.4. The monoisotopic (exact) mass is 606 g/mol. The summed E-state index contributed by atoms with van der Waals surface area (Å²) in [6, 6.07) is 2.95. The van der Waals surface area contributed by atoms with Crippen molar-refractivity contribution in [2.75, 3.05) is 43.4 Å². The summed E-state index contributed by atoms with van der Waals surface area (Å²) < 4.78 is 57.9. The summed E-state index contributed by atoms with van der Waals surface area (Å²) in [5, 5.41) is 3.50. The topological polar surface area (TPSA) is 118 Å². The van der Waals surface area contributed by atoms with Crippen molar-refractivity contribution in [2.45, 2.75) is 74.7 Å². The Morgan fingerprint density at radius 3 is 2.64 bits per heavy atom. The van der Waals surface area contributed by atoms with Gasteiger partial charge in [-0.25, -0.2) is 18.2 Å². The first-order valence-electron chi connectivity index (χ1n) is 15.7. The SMILES string of the molecule is Nc1nc2c(-c3c(C4CC4)nc4c(N5C6CCC5CNC6)nc(OC[C@@]56CCCN5C[C@H](F)C6)nc4c3F)ccc(F)c2o1. The molecule has 10 nitrogen and oxygen atoms in total. The van der Waals surface area contributed by atoms with Crippen molar-refractivity contribution in [2.24, 2.45) is 0 Å². The third kappa shape index (κ3) is 4.01. The Balaban J connectivity index is 1.23. The molecule has 7 heterocycles. The molecule has 5 fully saturated rings. The van der Waals surface area contributed by atoms with Crippen molar-refractivity contribution in [1.82, 2.24) is 30.2 Å². The summed E-state index contributed by atoms with van der Waals surface area (Å²) in [5.41, 5.74) is 6.97. The van der Waals surface area contributed by atoms with Gasteiger partial charge in [-0.15, -0.1) is 0 Å². The highest BCUT2D eigenvalue weighted by Gasteiger charge is 2.49. The molecule has 3 N–H and O–H groups in total. The zero-order valence-corrected chi connectivity index (χ0v) is 24.2. The maximum Gasteiger partial charge on any atom is 0.319 e. The van der Waals surface area contributed by atoms with E-state index in [1.165, 1.54) is 12.1 Å². The molecule has 0 radical (unpaired) electrons. The number of pyridine rings is 1. The van der Waals surface area contributed by atoms with E-state index in [0.717, 1.165) is 58.2 Å². The van der Waals surface area contributed by atoms with Crippen molar-refractivity contribution in [1.29, 1.82) is 0 Å². The number of anilines is 2. The molecule has 9 rings (SSSR count). The Labute approximate surface area is 251 Å².